The molecular weight excluding hydrogens is 442 g/mol. The van der Waals surface area contributed by atoms with Gasteiger partial charge < -0.3 is 19.5 Å². The second-order valence-corrected chi connectivity index (χ2v) is 6.60. The normalized spacial score (nSPS) is 10.2. The number of hydrogen-bond donors (Lipinski definition) is 1. The number of carbonyl (C=O) groups excluding carboxylic acids is 1. The largest absolute Gasteiger partial charge is 0.493 e. The Labute approximate surface area is 157 Å². The van der Waals surface area contributed by atoms with Crippen LogP contribution in [0.4, 0.5) is 0 Å². The Kier molecular flexibility index (Phi) is 6.93. The summed E-state index contributed by atoms with van der Waals surface area (Å²) < 4.78 is 17.6. The van der Waals surface area contributed by atoms with Gasteiger partial charge >= 0.3 is 0 Å². The summed E-state index contributed by atoms with van der Waals surface area (Å²) >= 11 is 6.75. The third-order valence-electron chi connectivity index (χ3n) is 3.19. The second kappa shape index (κ2) is 8.94. The number of halogens is 2. The molecule has 0 spiro atoms. The van der Waals surface area contributed by atoms with Crippen LogP contribution in [0, 0.1) is 0 Å². The van der Waals surface area contributed by atoms with E-state index < -0.39 is 0 Å². The standard InChI is InChI=1S/C17H17Br2NO4/c1-22-15-5-3-11(7-16(15)23-2)9-20-17(21)10-24-14-6-4-12(18)8-13(14)19/h3-8H,9-10H2,1-2H3,(H,20,21). The summed E-state index contributed by atoms with van der Waals surface area (Å²) in [7, 11) is 3.15. The smallest absolute Gasteiger partial charge is 0.258 e. The van der Waals surface area contributed by atoms with Gasteiger partial charge in [-0.25, -0.2) is 0 Å². The highest BCUT2D eigenvalue weighted by Gasteiger charge is 2.08. The van der Waals surface area contributed by atoms with Gasteiger partial charge in [-0.15, -0.1) is 0 Å². The molecule has 0 aliphatic carbocycles. The van der Waals surface area contributed by atoms with E-state index in [9.17, 15) is 4.79 Å². The fourth-order valence-electron chi connectivity index (χ4n) is 1.98. The molecule has 0 bridgehead atoms. The maximum absolute atomic E-state index is 11.9. The molecule has 2 rings (SSSR count). The lowest BCUT2D eigenvalue weighted by Gasteiger charge is -2.11. The van der Waals surface area contributed by atoms with Crippen LogP contribution >= 0.6 is 31.9 Å². The summed E-state index contributed by atoms with van der Waals surface area (Å²) in [5.74, 6) is 1.68. The van der Waals surface area contributed by atoms with Gasteiger partial charge in [0, 0.05) is 11.0 Å². The third kappa shape index (κ3) is 5.14. The van der Waals surface area contributed by atoms with Crippen molar-refractivity contribution < 1.29 is 19.0 Å². The quantitative estimate of drug-likeness (QED) is 0.683. The van der Waals surface area contributed by atoms with Crippen LogP contribution in [0.1, 0.15) is 5.56 Å². The molecule has 0 aliphatic heterocycles. The third-order valence-corrected chi connectivity index (χ3v) is 4.30. The van der Waals surface area contributed by atoms with Gasteiger partial charge in [0.25, 0.3) is 5.91 Å². The van der Waals surface area contributed by atoms with Gasteiger partial charge in [0.2, 0.25) is 0 Å². The van der Waals surface area contributed by atoms with Gasteiger partial charge in [-0.1, -0.05) is 22.0 Å². The maximum atomic E-state index is 11.9. The van der Waals surface area contributed by atoms with Gasteiger partial charge in [-0.3, -0.25) is 4.79 Å². The molecule has 1 N–H and O–H groups in total. The number of nitrogens with one attached hydrogen (secondary N) is 1. The van der Waals surface area contributed by atoms with Gasteiger partial charge in [0.1, 0.15) is 5.75 Å². The molecule has 0 saturated heterocycles. The Morgan fingerprint density at radius 2 is 1.71 bits per heavy atom. The van der Waals surface area contributed by atoms with Crippen molar-refractivity contribution in [1.82, 2.24) is 5.32 Å². The number of ether oxygens (including phenoxy) is 3. The lowest BCUT2D eigenvalue weighted by molar-refractivity contribution is -0.123. The van der Waals surface area contributed by atoms with Gasteiger partial charge in [0.05, 0.1) is 18.7 Å². The molecular formula is C17H17Br2NO4. The van der Waals surface area contributed by atoms with Crippen LogP contribution in [0.3, 0.4) is 0 Å². The van der Waals surface area contributed by atoms with Crippen LogP contribution in [-0.4, -0.2) is 26.7 Å². The van der Waals surface area contributed by atoms with Gasteiger partial charge in [-0.05, 0) is 51.8 Å². The van der Waals surface area contributed by atoms with Crippen LogP contribution < -0.4 is 19.5 Å². The Hall–Kier alpha value is -1.73. The van der Waals surface area contributed by atoms with E-state index in [1.807, 2.05) is 24.3 Å². The van der Waals surface area contributed by atoms with Crippen molar-refractivity contribution >= 4 is 37.8 Å². The molecule has 128 valence electrons. The Bertz CT molecular complexity index is 722. The molecule has 5 nitrogen and oxygen atoms in total. The Morgan fingerprint density at radius 3 is 2.38 bits per heavy atom. The first-order valence-corrected chi connectivity index (χ1v) is 8.67. The van der Waals surface area contributed by atoms with E-state index in [1.54, 1.807) is 26.4 Å². The number of carbonyl (C=O) groups is 1. The molecule has 2 aromatic rings. The van der Waals surface area contributed by atoms with Crippen molar-refractivity contribution in [3.8, 4) is 17.2 Å². The second-order valence-electron chi connectivity index (χ2n) is 4.83. The highest BCUT2D eigenvalue weighted by atomic mass is 79.9. The fourth-order valence-corrected chi connectivity index (χ4v) is 3.14. The molecule has 0 fully saturated rings. The van der Waals surface area contributed by atoms with Crippen LogP contribution in [0.2, 0.25) is 0 Å². The lowest BCUT2D eigenvalue weighted by Crippen LogP contribution is -2.28. The van der Waals surface area contributed by atoms with Crippen LogP contribution in [-0.2, 0) is 11.3 Å². The van der Waals surface area contributed by atoms with Crippen molar-refractivity contribution in [2.45, 2.75) is 6.54 Å². The van der Waals surface area contributed by atoms with Crippen molar-refractivity contribution in [2.24, 2.45) is 0 Å². The Morgan fingerprint density at radius 1 is 1.00 bits per heavy atom. The lowest BCUT2D eigenvalue weighted by atomic mass is 10.2. The zero-order chi connectivity index (χ0) is 17.5. The van der Waals surface area contributed by atoms with E-state index in [0.29, 0.717) is 23.8 Å². The van der Waals surface area contributed by atoms with Crippen molar-refractivity contribution in [2.75, 3.05) is 20.8 Å². The number of methoxy groups -OCH3 is 2. The summed E-state index contributed by atoms with van der Waals surface area (Å²) in [6.45, 7) is 0.317. The molecule has 0 aliphatic rings. The Balaban J connectivity index is 1.87. The zero-order valence-corrected chi connectivity index (χ0v) is 16.4. The molecule has 2 aromatic carbocycles. The van der Waals surface area contributed by atoms with Crippen LogP contribution in [0.15, 0.2) is 45.3 Å². The van der Waals surface area contributed by atoms with Crippen molar-refractivity contribution in [3.05, 3.63) is 50.9 Å². The number of hydrogen-bond acceptors (Lipinski definition) is 4. The fraction of sp³-hybridized carbons (Fsp3) is 0.235. The minimum absolute atomic E-state index is 0.0620. The van der Waals surface area contributed by atoms with E-state index >= 15 is 0 Å². The van der Waals surface area contributed by atoms with E-state index in [0.717, 1.165) is 14.5 Å². The average Bonchev–Trinajstić information content (AvgIpc) is 2.58. The topological polar surface area (TPSA) is 56.8 Å². The predicted octanol–water partition coefficient (Wildman–Crippen LogP) is 3.92. The zero-order valence-electron chi connectivity index (χ0n) is 13.3. The number of amides is 1. The molecule has 24 heavy (non-hydrogen) atoms. The molecule has 0 atom stereocenters. The van der Waals surface area contributed by atoms with Crippen LogP contribution in [0.25, 0.3) is 0 Å². The van der Waals surface area contributed by atoms with E-state index in [-0.39, 0.29) is 12.5 Å². The minimum Gasteiger partial charge on any atom is -0.493 e. The molecule has 7 heteroatoms. The first kappa shape index (κ1) is 18.6. The maximum Gasteiger partial charge on any atom is 0.258 e. The highest BCUT2D eigenvalue weighted by molar-refractivity contribution is 9.11. The summed E-state index contributed by atoms with van der Waals surface area (Å²) in [4.78, 5) is 11.9. The van der Waals surface area contributed by atoms with Gasteiger partial charge in [-0.2, -0.15) is 0 Å². The first-order valence-electron chi connectivity index (χ1n) is 7.09. The minimum atomic E-state index is -0.209. The van der Waals surface area contributed by atoms with Crippen LogP contribution in [0.5, 0.6) is 17.2 Å². The summed E-state index contributed by atoms with van der Waals surface area (Å²) in [5, 5.41) is 2.80. The first-order chi connectivity index (χ1) is 11.5. The van der Waals surface area contributed by atoms with Gasteiger partial charge in [0.15, 0.2) is 18.1 Å². The SMILES string of the molecule is COc1ccc(CNC(=O)COc2ccc(Br)cc2Br)cc1OC. The molecule has 0 saturated carbocycles. The summed E-state index contributed by atoms with van der Waals surface area (Å²) in [5.41, 5.74) is 0.908. The van der Waals surface area contributed by atoms with Crippen molar-refractivity contribution in [1.29, 1.82) is 0 Å². The highest BCUT2D eigenvalue weighted by Crippen LogP contribution is 2.28. The summed E-state index contributed by atoms with van der Waals surface area (Å²) in [6, 6.07) is 11.0. The molecule has 0 aromatic heterocycles. The summed E-state index contributed by atoms with van der Waals surface area (Å²) in [6.07, 6.45) is 0. The van der Waals surface area contributed by atoms with E-state index in [1.165, 1.54) is 0 Å². The number of benzene rings is 2. The predicted molar refractivity (Wildman–Crippen MR) is 98.7 cm³/mol. The molecule has 0 heterocycles. The van der Waals surface area contributed by atoms with Crippen molar-refractivity contribution in [3.63, 3.8) is 0 Å². The molecule has 0 radical (unpaired) electrons. The molecule has 1 amide bonds. The molecule has 0 unspecified atom stereocenters. The van der Waals surface area contributed by atoms with E-state index in [4.69, 9.17) is 14.2 Å². The van der Waals surface area contributed by atoms with E-state index in [2.05, 4.69) is 37.2 Å². The number of rotatable bonds is 7. The average molecular weight is 459 g/mol. The monoisotopic (exact) mass is 457 g/mol.